The number of aryl methyl sites for hydroxylation is 1. The zero-order valence-electron chi connectivity index (χ0n) is 14.3. The highest BCUT2D eigenvalue weighted by atomic mass is 32.2. The summed E-state index contributed by atoms with van der Waals surface area (Å²) in [7, 11) is -3.94. The standard InChI is InChI=1S/C19H21NO4S/c1-3-13(2)16-6-4-5-7-18(16)24-25(22,23)15-9-10-17-14(12-15)8-11-19(21)20-17/h4-7,9-10,12-13H,3,8,11H2,1-2H3,(H,20,21). The maximum absolute atomic E-state index is 12.7. The highest BCUT2D eigenvalue weighted by Crippen LogP contribution is 2.32. The molecule has 0 fully saturated rings. The van der Waals surface area contributed by atoms with Crippen molar-refractivity contribution in [2.45, 2.75) is 43.9 Å². The van der Waals surface area contributed by atoms with E-state index in [9.17, 15) is 13.2 Å². The van der Waals surface area contributed by atoms with Gasteiger partial charge in [0.1, 0.15) is 10.6 Å². The lowest BCUT2D eigenvalue weighted by molar-refractivity contribution is -0.116. The van der Waals surface area contributed by atoms with Gasteiger partial charge in [-0.05, 0) is 54.2 Å². The van der Waals surface area contributed by atoms with Crippen LogP contribution in [0, 0.1) is 0 Å². The van der Waals surface area contributed by atoms with Gasteiger partial charge in [-0.3, -0.25) is 4.79 Å². The Kier molecular flexibility index (Phi) is 4.81. The fraction of sp³-hybridized carbons (Fsp3) is 0.316. The van der Waals surface area contributed by atoms with Gasteiger partial charge < -0.3 is 9.50 Å². The molecule has 1 heterocycles. The summed E-state index contributed by atoms with van der Waals surface area (Å²) in [5.74, 6) is 0.509. The molecule has 25 heavy (non-hydrogen) atoms. The first-order chi connectivity index (χ1) is 11.9. The molecule has 0 saturated heterocycles. The number of carbonyl (C=O) groups is 1. The zero-order valence-corrected chi connectivity index (χ0v) is 15.1. The number of benzene rings is 2. The molecular weight excluding hydrogens is 338 g/mol. The Morgan fingerprint density at radius 1 is 1.16 bits per heavy atom. The second-order valence-electron chi connectivity index (χ2n) is 6.25. The monoisotopic (exact) mass is 359 g/mol. The van der Waals surface area contributed by atoms with Crippen LogP contribution < -0.4 is 9.50 Å². The first-order valence-corrected chi connectivity index (χ1v) is 9.77. The smallest absolute Gasteiger partial charge is 0.339 e. The number of anilines is 1. The largest absolute Gasteiger partial charge is 0.379 e. The third-order valence-corrected chi connectivity index (χ3v) is 5.75. The van der Waals surface area contributed by atoms with E-state index in [-0.39, 0.29) is 16.7 Å². The van der Waals surface area contributed by atoms with Crippen molar-refractivity contribution in [2.75, 3.05) is 5.32 Å². The van der Waals surface area contributed by atoms with Gasteiger partial charge in [-0.25, -0.2) is 0 Å². The van der Waals surface area contributed by atoms with E-state index in [1.54, 1.807) is 24.3 Å². The molecule has 0 aliphatic carbocycles. The molecule has 1 aliphatic heterocycles. The van der Waals surface area contributed by atoms with Crippen molar-refractivity contribution in [3.63, 3.8) is 0 Å². The van der Waals surface area contributed by atoms with Crippen molar-refractivity contribution >= 4 is 21.7 Å². The summed E-state index contributed by atoms with van der Waals surface area (Å²) in [5.41, 5.74) is 2.34. The van der Waals surface area contributed by atoms with Crippen molar-refractivity contribution in [1.29, 1.82) is 0 Å². The molecule has 6 heteroatoms. The maximum atomic E-state index is 12.7. The highest BCUT2D eigenvalue weighted by molar-refractivity contribution is 7.87. The minimum absolute atomic E-state index is 0.0539. The maximum Gasteiger partial charge on any atom is 0.339 e. The lowest BCUT2D eigenvalue weighted by atomic mass is 9.98. The van der Waals surface area contributed by atoms with E-state index in [0.29, 0.717) is 24.3 Å². The number of para-hydroxylation sites is 1. The Hall–Kier alpha value is -2.34. The van der Waals surface area contributed by atoms with Crippen LogP contribution in [0.25, 0.3) is 0 Å². The van der Waals surface area contributed by atoms with E-state index < -0.39 is 10.1 Å². The normalized spacial score (nSPS) is 15.2. The Balaban J connectivity index is 1.92. The van der Waals surface area contributed by atoms with Gasteiger partial charge in [-0.2, -0.15) is 8.42 Å². The molecule has 1 N–H and O–H groups in total. The second kappa shape index (κ2) is 6.88. The Bertz CT molecular complexity index is 905. The van der Waals surface area contributed by atoms with Crippen LogP contribution in [0.1, 0.15) is 43.7 Å². The van der Waals surface area contributed by atoms with Crippen LogP contribution in [-0.2, 0) is 21.3 Å². The Labute approximate surface area is 148 Å². The number of nitrogens with one attached hydrogen (secondary N) is 1. The average Bonchev–Trinajstić information content (AvgIpc) is 2.60. The predicted octanol–water partition coefficient (Wildman–Crippen LogP) is 3.85. The van der Waals surface area contributed by atoms with E-state index >= 15 is 0 Å². The summed E-state index contributed by atoms with van der Waals surface area (Å²) in [6.45, 7) is 4.09. The van der Waals surface area contributed by atoms with Crippen LogP contribution in [0.15, 0.2) is 47.4 Å². The van der Waals surface area contributed by atoms with Crippen molar-refractivity contribution in [2.24, 2.45) is 0 Å². The number of hydrogen-bond acceptors (Lipinski definition) is 4. The summed E-state index contributed by atoms with van der Waals surface area (Å²) in [6, 6.07) is 11.9. The molecule has 0 aromatic heterocycles. The number of amides is 1. The molecule has 5 nitrogen and oxygen atoms in total. The number of rotatable bonds is 5. The average molecular weight is 359 g/mol. The van der Waals surface area contributed by atoms with E-state index in [4.69, 9.17) is 4.18 Å². The van der Waals surface area contributed by atoms with Crippen LogP contribution in [-0.4, -0.2) is 14.3 Å². The third-order valence-electron chi connectivity index (χ3n) is 4.52. The summed E-state index contributed by atoms with van der Waals surface area (Å²) in [5, 5.41) is 2.75. The second-order valence-corrected chi connectivity index (χ2v) is 7.80. The van der Waals surface area contributed by atoms with Crippen LogP contribution in [0.3, 0.4) is 0 Å². The van der Waals surface area contributed by atoms with Crippen molar-refractivity contribution < 1.29 is 17.4 Å². The molecular formula is C19H21NO4S. The fourth-order valence-corrected chi connectivity index (χ4v) is 3.87. The number of hydrogen-bond donors (Lipinski definition) is 1. The molecule has 0 spiro atoms. The molecule has 0 radical (unpaired) electrons. The summed E-state index contributed by atoms with van der Waals surface area (Å²) >= 11 is 0. The molecule has 1 unspecified atom stereocenters. The van der Waals surface area contributed by atoms with Crippen molar-refractivity contribution in [1.82, 2.24) is 0 Å². The van der Waals surface area contributed by atoms with Crippen LogP contribution in [0.5, 0.6) is 5.75 Å². The minimum Gasteiger partial charge on any atom is -0.379 e. The van der Waals surface area contributed by atoms with Gasteiger partial charge in [0.2, 0.25) is 5.91 Å². The van der Waals surface area contributed by atoms with Gasteiger partial charge in [-0.1, -0.05) is 32.0 Å². The molecule has 1 atom stereocenters. The quantitative estimate of drug-likeness (QED) is 0.823. The van der Waals surface area contributed by atoms with E-state index in [0.717, 1.165) is 17.5 Å². The van der Waals surface area contributed by atoms with Gasteiger partial charge in [0.25, 0.3) is 0 Å². The number of carbonyl (C=O) groups excluding carboxylic acids is 1. The van der Waals surface area contributed by atoms with Crippen molar-refractivity contribution in [3.05, 3.63) is 53.6 Å². The zero-order chi connectivity index (χ0) is 18.0. The van der Waals surface area contributed by atoms with Crippen LogP contribution in [0.4, 0.5) is 5.69 Å². The van der Waals surface area contributed by atoms with Gasteiger partial charge in [0.05, 0.1) is 0 Å². The molecule has 1 aliphatic rings. The molecule has 2 aromatic rings. The van der Waals surface area contributed by atoms with E-state index in [2.05, 4.69) is 5.32 Å². The SMILES string of the molecule is CCC(C)c1ccccc1OS(=O)(=O)c1ccc2c(c1)CCC(=O)N2. The molecule has 3 rings (SSSR count). The van der Waals surface area contributed by atoms with Crippen molar-refractivity contribution in [3.8, 4) is 5.75 Å². The highest BCUT2D eigenvalue weighted by Gasteiger charge is 2.23. The summed E-state index contributed by atoms with van der Waals surface area (Å²) < 4.78 is 30.8. The van der Waals surface area contributed by atoms with Gasteiger partial charge >= 0.3 is 10.1 Å². The van der Waals surface area contributed by atoms with Gasteiger partial charge in [0.15, 0.2) is 0 Å². The summed E-state index contributed by atoms with van der Waals surface area (Å²) in [6.07, 6.45) is 1.77. The van der Waals surface area contributed by atoms with E-state index in [1.807, 2.05) is 26.0 Å². The predicted molar refractivity (Wildman–Crippen MR) is 96.4 cm³/mol. The fourth-order valence-electron chi connectivity index (χ4n) is 2.87. The van der Waals surface area contributed by atoms with Gasteiger partial charge in [-0.15, -0.1) is 0 Å². The lowest BCUT2D eigenvalue weighted by Gasteiger charge is -2.18. The number of fused-ring (bicyclic) bond motifs is 1. The molecule has 2 aromatic carbocycles. The Morgan fingerprint density at radius 2 is 1.92 bits per heavy atom. The first kappa shape index (κ1) is 17.5. The molecule has 1 amide bonds. The molecule has 0 bridgehead atoms. The first-order valence-electron chi connectivity index (χ1n) is 8.37. The minimum atomic E-state index is -3.94. The topological polar surface area (TPSA) is 72.5 Å². The van der Waals surface area contributed by atoms with Gasteiger partial charge in [0, 0.05) is 12.1 Å². The molecule has 0 saturated carbocycles. The Morgan fingerprint density at radius 3 is 2.68 bits per heavy atom. The van der Waals surface area contributed by atoms with Crippen LogP contribution >= 0.6 is 0 Å². The third kappa shape index (κ3) is 3.69. The van der Waals surface area contributed by atoms with Crippen LogP contribution in [0.2, 0.25) is 0 Å². The summed E-state index contributed by atoms with van der Waals surface area (Å²) in [4.78, 5) is 11.5. The van der Waals surface area contributed by atoms with E-state index in [1.165, 1.54) is 6.07 Å². The lowest BCUT2D eigenvalue weighted by Crippen LogP contribution is -2.20. The molecule has 132 valence electrons.